The van der Waals surface area contributed by atoms with Crippen LogP contribution < -0.4 is 9.64 Å². The number of hydrogen-bond acceptors (Lipinski definition) is 2. The van der Waals surface area contributed by atoms with Gasteiger partial charge in [-0.1, -0.05) is 48.0 Å². The molecule has 2 nitrogen and oxygen atoms in total. The Hall–Kier alpha value is -1.67. The Balaban J connectivity index is 2.28. The Morgan fingerprint density at radius 2 is 1.61 bits per heavy atom. The second kappa shape index (κ2) is 5.78. The van der Waals surface area contributed by atoms with E-state index in [0.29, 0.717) is 0 Å². The van der Waals surface area contributed by atoms with Gasteiger partial charge in [0.15, 0.2) is 0 Å². The monoisotopic (exact) mass is 261 g/mol. The third kappa shape index (κ3) is 2.59. The summed E-state index contributed by atoms with van der Waals surface area (Å²) in [7, 11) is 3.63. The van der Waals surface area contributed by atoms with Crippen molar-refractivity contribution in [2.24, 2.45) is 0 Å². The maximum atomic E-state index is 6.52. The average Bonchev–Trinajstić information content (AvgIpc) is 2.46. The zero-order chi connectivity index (χ0) is 13.0. The average molecular weight is 262 g/mol. The van der Waals surface area contributed by atoms with Crippen LogP contribution in [0.4, 0.5) is 5.69 Å². The molecule has 0 heterocycles. The van der Waals surface area contributed by atoms with Gasteiger partial charge in [0.2, 0.25) is 0 Å². The summed E-state index contributed by atoms with van der Waals surface area (Å²) in [5.74, 6) is 0.806. The summed E-state index contributed by atoms with van der Waals surface area (Å²) < 4.78 is 5.34. The second-order valence-corrected chi connectivity index (χ2v) is 4.44. The minimum Gasteiger partial charge on any atom is -0.496 e. The number of nitrogens with zero attached hydrogens (tertiary/aromatic N) is 1. The van der Waals surface area contributed by atoms with Gasteiger partial charge in [-0.2, -0.15) is 0 Å². The predicted molar refractivity (Wildman–Crippen MR) is 76.4 cm³/mol. The molecule has 0 amide bonds. The van der Waals surface area contributed by atoms with E-state index >= 15 is 0 Å². The quantitative estimate of drug-likeness (QED) is 0.608. The van der Waals surface area contributed by atoms with Crippen LogP contribution in [0.15, 0.2) is 54.6 Å². The Morgan fingerprint density at radius 3 is 2.28 bits per heavy atom. The van der Waals surface area contributed by atoms with Crippen LogP contribution in [0.25, 0.3) is 0 Å². The third-order valence-electron chi connectivity index (χ3n) is 2.90. The minimum absolute atomic E-state index is 0.261. The molecule has 0 fully saturated rings. The molecule has 0 saturated heterocycles. The number of hydrogen-bond donors (Lipinski definition) is 0. The zero-order valence-corrected chi connectivity index (χ0v) is 11.3. The van der Waals surface area contributed by atoms with E-state index in [1.54, 1.807) is 7.11 Å². The Morgan fingerprint density at radius 1 is 1.00 bits per heavy atom. The first-order valence-corrected chi connectivity index (χ1v) is 6.22. The van der Waals surface area contributed by atoms with Crippen molar-refractivity contribution in [3.63, 3.8) is 0 Å². The first-order chi connectivity index (χ1) is 8.74. The number of halogens is 1. The molecule has 0 N–H and O–H groups in total. The van der Waals surface area contributed by atoms with Gasteiger partial charge in [-0.25, -0.2) is 0 Å². The van der Waals surface area contributed by atoms with Crippen molar-refractivity contribution in [3.05, 3.63) is 60.2 Å². The highest BCUT2D eigenvalue weighted by Crippen LogP contribution is 2.34. The molecule has 0 bridgehead atoms. The van der Waals surface area contributed by atoms with Gasteiger partial charge in [-0.05, 0) is 18.2 Å². The number of para-hydroxylation sites is 2. The standard InChI is InChI=1S/C15H16ClNO/c1-17(12-8-4-3-5-9-12)15(16)13-10-6-7-11-14(13)18-2/h3-11,15H,1-2H3. The first kappa shape index (κ1) is 12.8. The molecule has 1 atom stereocenters. The SMILES string of the molecule is COc1ccccc1C(Cl)N(C)c1ccccc1. The van der Waals surface area contributed by atoms with Crippen molar-refractivity contribution < 1.29 is 4.74 Å². The molecule has 0 aliphatic rings. The van der Waals surface area contributed by atoms with Gasteiger partial charge in [-0.3, -0.25) is 0 Å². The smallest absolute Gasteiger partial charge is 0.133 e. The highest BCUT2D eigenvalue weighted by atomic mass is 35.5. The Kier molecular flexibility index (Phi) is 4.11. The van der Waals surface area contributed by atoms with Crippen LogP contribution in [-0.4, -0.2) is 14.2 Å². The molecular formula is C15H16ClNO. The summed E-state index contributed by atoms with van der Waals surface area (Å²) in [5, 5.41) is 0. The predicted octanol–water partition coefficient (Wildman–Crippen LogP) is 4.07. The van der Waals surface area contributed by atoms with Crippen molar-refractivity contribution in [3.8, 4) is 5.75 Å². The molecule has 0 aromatic heterocycles. The molecule has 0 saturated carbocycles. The van der Waals surface area contributed by atoms with E-state index in [0.717, 1.165) is 17.0 Å². The van der Waals surface area contributed by atoms with Crippen LogP contribution in [-0.2, 0) is 0 Å². The summed E-state index contributed by atoms with van der Waals surface area (Å²) in [5.41, 5.74) is 1.78. The number of rotatable bonds is 4. The molecule has 2 aromatic carbocycles. The number of methoxy groups -OCH3 is 1. The molecule has 3 heteroatoms. The maximum absolute atomic E-state index is 6.52. The van der Waals surface area contributed by atoms with Gasteiger partial charge in [0.25, 0.3) is 0 Å². The van der Waals surface area contributed by atoms with E-state index in [2.05, 4.69) is 0 Å². The second-order valence-electron chi connectivity index (χ2n) is 4.02. The number of anilines is 1. The van der Waals surface area contributed by atoms with Crippen LogP contribution in [0, 0.1) is 0 Å². The first-order valence-electron chi connectivity index (χ1n) is 5.79. The van der Waals surface area contributed by atoms with Crippen LogP contribution in [0.2, 0.25) is 0 Å². The van der Waals surface area contributed by atoms with Crippen molar-refractivity contribution in [2.75, 3.05) is 19.1 Å². The molecule has 0 aliphatic heterocycles. The normalized spacial score (nSPS) is 11.9. The number of alkyl halides is 1. The van der Waals surface area contributed by atoms with Crippen molar-refractivity contribution in [2.45, 2.75) is 5.50 Å². The Bertz CT molecular complexity index is 501. The van der Waals surface area contributed by atoms with Gasteiger partial charge < -0.3 is 9.64 Å². The molecule has 0 aliphatic carbocycles. The molecule has 0 spiro atoms. The van der Waals surface area contributed by atoms with E-state index in [1.807, 2.05) is 66.5 Å². The van der Waals surface area contributed by atoms with E-state index in [4.69, 9.17) is 16.3 Å². The third-order valence-corrected chi connectivity index (χ3v) is 3.43. The molecule has 94 valence electrons. The van der Waals surface area contributed by atoms with Gasteiger partial charge in [0, 0.05) is 18.3 Å². The van der Waals surface area contributed by atoms with Crippen molar-refractivity contribution in [1.29, 1.82) is 0 Å². The van der Waals surface area contributed by atoms with E-state index in [9.17, 15) is 0 Å². The summed E-state index contributed by atoms with van der Waals surface area (Å²) >= 11 is 6.52. The van der Waals surface area contributed by atoms with Crippen LogP contribution in [0.1, 0.15) is 11.1 Å². The molecule has 1 unspecified atom stereocenters. The molecule has 18 heavy (non-hydrogen) atoms. The summed E-state index contributed by atoms with van der Waals surface area (Å²) in [6.07, 6.45) is 0. The molecule has 0 radical (unpaired) electrons. The van der Waals surface area contributed by atoms with Crippen LogP contribution in [0.5, 0.6) is 5.75 Å². The van der Waals surface area contributed by atoms with E-state index in [1.165, 1.54) is 0 Å². The lowest BCUT2D eigenvalue weighted by atomic mass is 10.1. The summed E-state index contributed by atoms with van der Waals surface area (Å²) in [6, 6.07) is 17.9. The number of ether oxygens (including phenoxy) is 1. The fourth-order valence-electron chi connectivity index (χ4n) is 1.87. The lowest BCUT2D eigenvalue weighted by molar-refractivity contribution is 0.409. The van der Waals surface area contributed by atoms with Crippen LogP contribution in [0.3, 0.4) is 0 Å². The van der Waals surface area contributed by atoms with Gasteiger partial charge in [0.05, 0.1) is 7.11 Å². The highest BCUT2D eigenvalue weighted by Gasteiger charge is 2.17. The largest absolute Gasteiger partial charge is 0.496 e. The summed E-state index contributed by atoms with van der Waals surface area (Å²) in [4.78, 5) is 2.01. The molecular weight excluding hydrogens is 246 g/mol. The van der Waals surface area contributed by atoms with Crippen molar-refractivity contribution in [1.82, 2.24) is 0 Å². The Labute approximate surface area is 113 Å². The number of benzene rings is 2. The summed E-state index contributed by atoms with van der Waals surface area (Å²) in [6.45, 7) is 0. The minimum atomic E-state index is -0.261. The lowest BCUT2D eigenvalue weighted by Crippen LogP contribution is -2.20. The van der Waals surface area contributed by atoms with E-state index in [-0.39, 0.29) is 5.50 Å². The maximum Gasteiger partial charge on any atom is 0.133 e. The lowest BCUT2D eigenvalue weighted by Gasteiger charge is -2.26. The fraction of sp³-hybridized carbons (Fsp3) is 0.200. The fourth-order valence-corrected chi connectivity index (χ4v) is 2.16. The molecule has 2 rings (SSSR count). The van der Waals surface area contributed by atoms with Crippen molar-refractivity contribution >= 4 is 17.3 Å². The van der Waals surface area contributed by atoms with Gasteiger partial charge in [-0.15, -0.1) is 0 Å². The zero-order valence-electron chi connectivity index (χ0n) is 10.5. The highest BCUT2D eigenvalue weighted by molar-refractivity contribution is 6.22. The van der Waals surface area contributed by atoms with Gasteiger partial charge >= 0.3 is 0 Å². The van der Waals surface area contributed by atoms with E-state index < -0.39 is 0 Å². The topological polar surface area (TPSA) is 12.5 Å². The van der Waals surface area contributed by atoms with Crippen LogP contribution >= 0.6 is 11.6 Å². The van der Waals surface area contributed by atoms with Gasteiger partial charge in [0.1, 0.15) is 11.3 Å². The molecule has 2 aromatic rings.